The zero-order chi connectivity index (χ0) is 13.0. The topological polar surface area (TPSA) is 45.4 Å². The average molecular weight is 252 g/mol. The van der Waals surface area contributed by atoms with Gasteiger partial charge >= 0.3 is 0 Å². The fourth-order valence-electron chi connectivity index (χ4n) is 2.48. The summed E-state index contributed by atoms with van der Waals surface area (Å²) in [5.74, 6) is 2.35. The molecule has 0 atom stereocenters. The minimum Gasteiger partial charge on any atom is -0.338 e. The van der Waals surface area contributed by atoms with Crippen molar-refractivity contribution < 1.29 is 4.52 Å². The van der Waals surface area contributed by atoms with Gasteiger partial charge < -0.3 is 9.42 Å². The van der Waals surface area contributed by atoms with Gasteiger partial charge in [0.25, 0.3) is 0 Å². The summed E-state index contributed by atoms with van der Waals surface area (Å²) in [5, 5.41) is 3.93. The van der Waals surface area contributed by atoms with E-state index in [1.165, 1.54) is 25.9 Å². The van der Waals surface area contributed by atoms with Crippen molar-refractivity contribution in [1.82, 2.24) is 19.9 Å². The number of piperidine rings is 1. The second kappa shape index (κ2) is 6.29. The molecule has 0 aliphatic carbocycles. The molecule has 0 bridgehead atoms. The third kappa shape index (κ3) is 3.78. The molecule has 0 unspecified atom stereocenters. The van der Waals surface area contributed by atoms with Crippen molar-refractivity contribution in [2.75, 3.05) is 33.7 Å². The fraction of sp³-hybridized carbons (Fsp3) is 0.846. The smallest absolute Gasteiger partial charge is 0.240 e. The Hall–Kier alpha value is -0.940. The lowest BCUT2D eigenvalue weighted by atomic mass is 9.97. The van der Waals surface area contributed by atoms with Crippen LogP contribution in [0.25, 0.3) is 0 Å². The van der Waals surface area contributed by atoms with Crippen LogP contribution in [-0.2, 0) is 13.0 Å². The average Bonchev–Trinajstić information content (AvgIpc) is 2.79. The van der Waals surface area contributed by atoms with Gasteiger partial charge in [-0.1, -0.05) is 12.1 Å². The molecular formula is C13H24N4O. The first-order valence-electron chi connectivity index (χ1n) is 6.86. The Morgan fingerprint density at radius 1 is 1.39 bits per heavy atom. The van der Waals surface area contributed by atoms with Crippen molar-refractivity contribution in [3.8, 4) is 0 Å². The molecule has 0 amide bonds. The van der Waals surface area contributed by atoms with Gasteiger partial charge in [-0.3, -0.25) is 4.90 Å². The number of aryl methyl sites for hydroxylation is 1. The summed E-state index contributed by atoms with van der Waals surface area (Å²) in [6.45, 7) is 6.37. The van der Waals surface area contributed by atoms with Gasteiger partial charge in [-0.25, -0.2) is 0 Å². The molecule has 1 aromatic rings. The summed E-state index contributed by atoms with van der Waals surface area (Å²) < 4.78 is 5.22. The van der Waals surface area contributed by atoms with E-state index in [4.69, 9.17) is 4.52 Å². The lowest BCUT2D eigenvalue weighted by Crippen LogP contribution is -2.35. The molecular weight excluding hydrogens is 228 g/mol. The van der Waals surface area contributed by atoms with Gasteiger partial charge in [0.2, 0.25) is 5.89 Å². The van der Waals surface area contributed by atoms with Crippen molar-refractivity contribution in [3.05, 3.63) is 11.7 Å². The van der Waals surface area contributed by atoms with Crippen LogP contribution in [0.3, 0.4) is 0 Å². The molecule has 5 nitrogen and oxygen atoms in total. The predicted octanol–water partition coefficient (Wildman–Crippen LogP) is 1.41. The van der Waals surface area contributed by atoms with Crippen molar-refractivity contribution in [1.29, 1.82) is 0 Å². The van der Waals surface area contributed by atoms with Gasteiger partial charge in [-0.05, 0) is 45.9 Å². The summed E-state index contributed by atoms with van der Waals surface area (Å²) in [6, 6.07) is 0. The molecule has 1 aliphatic heterocycles. The third-order valence-corrected chi connectivity index (χ3v) is 3.64. The van der Waals surface area contributed by atoms with E-state index in [1.807, 2.05) is 6.92 Å². The monoisotopic (exact) mass is 252 g/mol. The molecule has 0 saturated carbocycles. The standard InChI is InChI=1S/C13H24N4O/c1-4-12-14-13(18-15-12)10-17(3)9-11-5-7-16(2)8-6-11/h11H,4-10H2,1-3H3. The number of aromatic nitrogens is 2. The second-order valence-electron chi connectivity index (χ2n) is 5.40. The predicted molar refractivity (Wildman–Crippen MR) is 70.2 cm³/mol. The van der Waals surface area contributed by atoms with E-state index in [2.05, 4.69) is 34.0 Å². The molecule has 0 N–H and O–H groups in total. The Bertz CT molecular complexity index is 358. The van der Waals surface area contributed by atoms with Crippen LogP contribution in [0.4, 0.5) is 0 Å². The van der Waals surface area contributed by atoms with Crippen LogP contribution in [0.5, 0.6) is 0 Å². The third-order valence-electron chi connectivity index (χ3n) is 3.64. The van der Waals surface area contributed by atoms with Gasteiger partial charge in [-0.15, -0.1) is 0 Å². The van der Waals surface area contributed by atoms with Crippen LogP contribution in [0.1, 0.15) is 31.5 Å². The number of nitrogens with zero attached hydrogens (tertiary/aromatic N) is 4. The zero-order valence-electron chi connectivity index (χ0n) is 11.7. The summed E-state index contributed by atoms with van der Waals surface area (Å²) >= 11 is 0. The van der Waals surface area contributed by atoms with Gasteiger partial charge in [0.05, 0.1) is 6.54 Å². The van der Waals surface area contributed by atoms with Gasteiger partial charge in [0.1, 0.15) is 0 Å². The highest BCUT2D eigenvalue weighted by atomic mass is 16.5. The van der Waals surface area contributed by atoms with E-state index < -0.39 is 0 Å². The minimum absolute atomic E-state index is 0.738. The maximum absolute atomic E-state index is 5.22. The molecule has 0 spiro atoms. The number of hydrogen-bond donors (Lipinski definition) is 0. The zero-order valence-corrected chi connectivity index (χ0v) is 11.7. The SMILES string of the molecule is CCc1noc(CN(C)CC2CCN(C)CC2)n1. The van der Waals surface area contributed by atoms with E-state index >= 15 is 0 Å². The maximum atomic E-state index is 5.22. The Kier molecular flexibility index (Phi) is 4.72. The molecule has 102 valence electrons. The summed E-state index contributed by atoms with van der Waals surface area (Å²) in [5.41, 5.74) is 0. The van der Waals surface area contributed by atoms with Crippen LogP contribution in [0, 0.1) is 5.92 Å². The van der Waals surface area contributed by atoms with E-state index in [0.717, 1.165) is 37.1 Å². The molecule has 2 rings (SSSR count). The van der Waals surface area contributed by atoms with Crippen LogP contribution in [-0.4, -0.2) is 53.7 Å². The molecule has 1 fully saturated rings. The molecule has 1 aromatic heterocycles. The lowest BCUT2D eigenvalue weighted by Gasteiger charge is -2.31. The Morgan fingerprint density at radius 3 is 2.72 bits per heavy atom. The van der Waals surface area contributed by atoms with Crippen LogP contribution in [0.2, 0.25) is 0 Å². The molecule has 1 saturated heterocycles. The molecule has 1 aliphatic rings. The molecule has 2 heterocycles. The maximum Gasteiger partial charge on any atom is 0.240 e. The highest BCUT2D eigenvalue weighted by molar-refractivity contribution is 4.85. The van der Waals surface area contributed by atoms with Crippen LogP contribution < -0.4 is 0 Å². The van der Waals surface area contributed by atoms with Gasteiger partial charge in [-0.2, -0.15) is 4.98 Å². The summed E-state index contributed by atoms with van der Waals surface area (Å²) in [7, 11) is 4.33. The second-order valence-corrected chi connectivity index (χ2v) is 5.40. The summed E-state index contributed by atoms with van der Waals surface area (Å²) in [6.07, 6.45) is 3.43. The van der Waals surface area contributed by atoms with Crippen molar-refractivity contribution in [2.45, 2.75) is 32.7 Å². The van der Waals surface area contributed by atoms with E-state index in [1.54, 1.807) is 0 Å². The number of hydrogen-bond acceptors (Lipinski definition) is 5. The van der Waals surface area contributed by atoms with Gasteiger partial charge in [0.15, 0.2) is 5.82 Å². The van der Waals surface area contributed by atoms with E-state index in [9.17, 15) is 0 Å². The Morgan fingerprint density at radius 2 is 2.11 bits per heavy atom. The van der Waals surface area contributed by atoms with Crippen molar-refractivity contribution >= 4 is 0 Å². The van der Waals surface area contributed by atoms with Gasteiger partial charge in [0, 0.05) is 13.0 Å². The molecule has 0 radical (unpaired) electrons. The fourth-order valence-corrected chi connectivity index (χ4v) is 2.48. The Balaban J connectivity index is 1.76. The number of likely N-dealkylation sites (tertiary alicyclic amines) is 1. The first kappa shape index (κ1) is 13.5. The lowest BCUT2D eigenvalue weighted by molar-refractivity contribution is 0.164. The highest BCUT2D eigenvalue weighted by Crippen LogP contribution is 2.17. The summed E-state index contributed by atoms with van der Waals surface area (Å²) in [4.78, 5) is 9.05. The Labute approximate surface area is 109 Å². The minimum atomic E-state index is 0.738. The molecule has 0 aromatic carbocycles. The van der Waals surface area contributed by atoms with Crippen LogP contribution in [0.15, 0.2) is 4.52 Å². The first-order valence-corrected chi connectivity index (χ1v) is 6.86. The number of rotatable bonds is 5. The normalized spacial score (nSPS) is 18.7. The van der Waals surface area contributed by atoms with E-state index in [0.29, 0.717) is 0 Å². The van der Waals surface area contributed by atoms with Crippen LogP contribution >= 0.6 is 0 Å². The van der Waals surface area contributed by atoms with Crippen molar-refractivity contribution in [2.24, 2.45) is 5.92 Å². The van der Waals surface area contributed by atoms with Crippen molar-refractivity contribution in [3.63, 3.8) is 0 Å². The largest absolute Gasteiger partial charge is 0.338 e. The molecule has 18 heavy (non-hydrogen) atoms. The highest BCUT2D eigenvalue weighted by Gasteiger charge is 2.19. The molecule has 5 heteroatoms. The quantitative estimate of drug-likeness (QED) is 0.793. The van der Waals surface area contributed by atoms with E-state index in [-0.39, 0.29) is 0 Å². The first-order chi connectivity index (χ1) is 8.67.